The molecular weight excluding hydrogens is 204 g/mol. The van der Waals surface area contributed by atoms with Crippen LogP contribution in [0.1, 0.15) is 57.2 Å². The quantitative estimate of drug-likeness (QED) is 0.815. The standard InChI is InChI=1S/C11H20N4O/c1-3-16-11(6-4-5-7-11)10-13-9(8(2)12)14-15-10/h8H,3-7,12H2,1-2H3,(H,13,14,15). The van der Waals surface area contributed by atoms with Crippen LogP contribution >= 0.6 is 0 Å². The molecule has 1 aromatic heterocycles. The number of rotatable bonds is 4. The van der Waals surface area contributed by atoms with Gasteiger partial charge in [0.15, 0.2) is 5.82 Å². The average Bonchev–Trinajstić information content (AvgIpc) is 2.85. The summed E-state index contributed by atoms with van der Waals surface area (Å²) in [5.74, 6) is 1.51. The molecule has 1 aromatic rings. The smallest absolute Gasteiger partial charge is 0.182 e. The van der Waals surface area contributed by atoms with Crippen LogP contribution in [0.4, 0.5) is 0 Å². The third-order valence-electron chi connectivity index (χ3n) is 3.17. The molecule has 0 saturated heterocycles. The van der Waals surface area contributed by atoms with Gasteiger partial charge < -0.3 is 10.5 Å². The maximum absolute atomic E-state index is 5.88. The SMILES string of the molecule is CCOC1(c2n[nH]c(C(C)N)n2)CCCC1. The number of aromatic nitrogens is 3. The van der Waals surface area contributed by atoms with Crippen molar-refractivity contribution in [3.05, 3.63) is 11.6 Å². The number of aromatic amines is 1. The molecule has 1 aliphatic carbocycles. The molecule has 1 atom stereocenters. The van der Waals surface area contributed by atoms with E-state index in [4.69, 9.17) is 10.5 Å². The molecule has 5 heteroatoms. The molecule has 1 heterocycles. The van der Waals surface area contributed by atoms with Crippen molar-refractivity contribution < 1.29 is 4.74 Å². The minimum atomic E-state index is -0.265. The second kappa shape index (κ2) is 4.51. The Morgan fingerprint density at radius 3 is 2.69 bits per heavy atom. The first-order valence-electron chi connectivity index (χ1n) is 6.00. The van der Waals surface area contributed by atoms with Gasteiger partial charge >= 0.3 is 0 Å². The van der Waals surface area contributed by atoms with Crippen LogP contribution in [-0.4, -0.2) is 21.8 Å². The summed E-state index contributed by atoms with van der Waals surface area (Å²) in [5, 5.41) is 7.17. The van der Waals surface area contributed by atoms with Gasteiger partial charge in [0.05, 0.1) is 6.04 Å². The van der Waals surface area contributed by atoms with Gasteiger partial charge in [0.1, 0.15) is 11.4 Å². The molecule has 5 nitrogen and oxygen atoms in total. The Kier molecular flexibility index (Phi) is 3.25. The molecular formula is C11H20N4O. The Morgan fingerprint density at radius 2 is 2.19 bits per heavy atom. The van der Waals surface area contributed by atoms with Gasteiger partial charge in [-0.3, -0.25) is 5.10 Å². The van der Waals surface area contributed by atoms with Crippen molar-refractivity contribution in [1.29, 1.82) is 0 Å². The molecule has 0 aromatic carbocycles. The Morgan fingerprint density at radius 1 is 1.50 bits per heavy atom. The zero-order chi connectivity index (χ0) is 11.6. The molecule has 90 valence electrons. The molecule has 1 saturated carbocycles. The number of hydrogen-bond donors (Lipinski definition) is 2. The lowest BCUT2D eigenvalue weighted by molar-refractivity contribution is -0.0454. The molecule has 0 aliphatic heterocycles. The van der Waals surface area contributed by atoms with E-state index in [1.54, 1.807) is 0 Å². The highest BCUT2D eigenvalue weighted by Gasteiger charge is 2.40. The fourth-order valence-corrected chi connectivity index (χ4v) is 2.34. The molecule has 1 unspecified atom stereocenters. The highest BCUT2D eigenvalue weighted by molar-refractivity contribution is 5.07. The lowest BCUT2D eigenvalue weighted by Gasteiger charge is -2.25. The van der Waals surface area contributed by atoms with Crippen LogP contribution in [0, 0.1) is 0 Å². The van der Waals surface area contributed by atoms with Gasteiger partial charge in [-0.15, -0.1) is 0 Å². The number of hydrogen-bond acceptors (Lipinski definition) is 4. The Labute approximate surface area is 95.8 Å². The highest BCUT2D eigenvalue weighted by atomic mass is 16.5. The number of H-pyrrole nitrogens is 1. The van der Waals surface area contributed by atoms with Crippen molar-refractivity contribution in [2.75, 3.05) is 6.61 Å². The molecule has 3 N–H and O–H groups in total. The molecule has 0 radical (unpaired) electrons. The number of ether oxygens (including phenoxy) is 1. The summed E-state index contributed by atoms with van der Waals surface area (Å²) in [6.07, 6.45) is 4.39. The van der Waals surface area contributed by atoms with Gasteiger partial charge in [-0.2, -0.15) is 5.10 Å². The monoisotopic (exact) mass is 224 g/mol. The van der Waals surface area contributed by atoms with Crippen LogP contribution in [0.5, 0.6) is 0 Å². The zero-order valence-electron chi connectivity index (χ0n) is 9.99. The molecule has 0 amide bonds. The van der Waals surface area contributed by atoms with Crippen LogP contribution in [0.3, 0.4) is 0 Å². The average molecular weight is 224 g/mol. The third-order valence-corrected chi connectivity index (χ3v) is 3.17. The number of nitrogens with one attached hydrogen (secondary N) is 1. The van der Waals surface area contributed by atoms with Crippen LogP contribution < -0.4 is 5.73 Å². The first-order valence-corrected chi connectivity index (χ1v) is 6.00. The maximum Gasteiger partial charge on any atom is 0.182 e. The van der Waals surface area contributed by atoms with Gasteiger partial charge in [0.25, 0.3) is 0 Å². The van der Waals surface area contributed by atoms with E-state index in [1.165, 1.54) is 12.8 Å². The Bertz CT molecular complexity index is 342. The van der Waals surface area contributed by atoms with E-state index < -0.39 is 0 Å². The summed E-state index contributed by atoms with van der Waals surface area (Å²) in [6.45, 7) is 4.60. The zero-order valence-corrected chi connectivity index (χ0v) is 9.99. The maximum atomic E-state index is 5.88. The summed E-state index contributed by atoms with van der Waals surface area (Å²) in [6, 6.07) is -0.110. The topological polar surface area (TPSA) is 76.8 Å². The van der Waals surface area contributed by atoms with Crippen molar-refractivity contribution in [3.8, 4) is 0 Å². The van der Waals surface area contributed by atoms with Crippen molar-refractivity contribution in [1.82, 2.24) is 15.2 Å². The van der Waals surface area contributed by atoms with Gasteiger partial charge in [-0.1, -0.05) is 0 Å². The molecule has 0 bridgehead atoms. The van der Waals surface area contributed by atoms with Crippen LogP contribution in [0.2, 0.25) is 0 Å². The van der Waals surface area contributed by atoms with E-state index in [1.807, 2.05) is 13.8 Å². The normalized spacial score (nSPS) is 21.2. The largest absolute Gasteiger partial charge is 0.367 e. The highest BCUT2D eigenvalue weighted by Crippen LogP contribution is 2.40. The summed E-state index contributed by atoms with van der Waals surface area (Å²) in [7, 11) is 0. The summed E-state index contributed by atoms with van der Waals surface area (Å²) < 4.78 is 5.88. The van der Waals surface area contributed by atoms with Crippen molar-refractivity contribution in [2.45, 2.75) is 51.2 Å². The minimum Gasteiger partial charge on any atom is -0.367 e. The lowest BCUT2D eigenvalue weighted by Crippen LogP contribution is -2.27. The third kappa shape index (κ3) is 1.97. The predicted octanol–water partition coefficient (Wildman–Crippen LogP) is 1.63. The fourth-order valence-electron chi connectivity index (χ4n) is 2.34. The predicted molar refractivity (Wildman–Crippen MR) is 60.8 cm³/mol. The first kappa shape index (κ1) is 11.5. The molecule has 16 heavy (non-hydrogen) atoms. The fraction of sp³-hybridized carbons (Fsp3) is 0.818. The second-order valence-corrected chi connectivity index (χ2v) is 4.47. The summed E-state index contributed by atoms with van der Waals surface area (Å²) in [5.41, 5.74) is 5.50. The van der Waals surface area contributed by atoms with E-state index in [9.17, 15) is 0 Å². The molecule has 0 spiro atoms. The van der Waals surface area contributed by atoms with Crippen LogP contribution in [0.15, 0.2) is 0 Å². The van der Waals surface area contributed by atoms with Gasteiger partial charge in [0.2, 0.25) is 0 Å². The second-order valence-electron chi connectivity index (χ2n) is 4.47. The van der Waals surface area contributed by atoms with Crippen molar-refractivity contribution >= 4 is 0 Å². The number of nitrogens with two attached hydrogens (primary N) is 1. The van der Waals surface area contributed by atoms with Gasteiger partial charge in [-0.05, 0) is 39.5 Å². The van der Waals surface area contributed by atoms with E-state index in [2.05, 4.69) is 15.2 Å². The Hall–Kier alpha value is -0.940. The lowest BCUT2D eigenvalue weighted by atomic mass is 10.0. The van der Waals surface area contributed by atoms with E-state index in [0.717, 1.165) is 24.5 Å². The summed E-state index contributed by atoms with van der Waals surface area (Å²) >= 11 is 0. The van der Waals surface area contributed by atoms with Crippen molar-refractivity contribution in [3.63, 3.8) is 0 Å². The van der Waals surface area contributed by atoms with E-state index >= 15 is 0 Å². The first-order chi connectivity index (χ1) is 7.68. The van der Waals surface area contributed by atoms with Crippen molar-refractivity contribution in [2.24, 2.45) is 5.73 Å². The van der Waals surface area contributed by atoms with Gasteiger partial charge in [0, 0.05) is 6.61 Å². The van der Waals surface area contributed by atoms with Crippen LogP contribution in [-0.2, 0) is 10.3 Å². The van der Waals surface area contributed by atoms with E-state index in [0.29, 0.717) is 6.61 Å². The Balaban J connectivity index is 2.24. The molecule has 2 rings (SSSR count). The molecule has 1 aliphatic rings. The van der Waals surface area contributed by atoms with E-state index in [-0.39, 0.29) is 11.6 Å². The minimum absolute atomic E-state index is 0.110. The number of nitrogens with zero attached hydrogens (tertiary/aromatic N) is 2. The van der Waals surface area contributed by atoms with Crippen LogP contribution in [0.25, 0.3) is 0 Å². The van der Waals surface area contributed by atoms with Gasteiger partial charge in [-0.25, -0.2) is 4.98 Å². The summed E-state index contributed by atoms with van der Waals surface area (Å²) in [4.78, 5) is 4.47. The molecule has 1 fully saturated rings.